The second kappa shape index (κ2) is 15.3. The minimum Gasteiger partial charge on any atom is -0.453 e. The molecule has 0 saturated heterocycles. The molecule has 4 aliphatic rings. The first-order valence-electron chi connectivity index (χ1n) is 21.9. The van der Waals surface area contributed by atoms with Crippen LogP contribution in [0.3, 0.4) is 0 Å². The van der Waals surface area contributed by atoms with Crippen LogP contribution in [0.4, 0.5) is 51.2 Å². The minimum absolute atomic E-state index is 0.429. The van der Waals surface area contributed by atoms with Crippen molar-refractivity contribution in [3.8, 4) is 34.5 Å². The molecule has 314 valence electrons. The van der Waals surface area contributed by atoms with Crippen LogP contribution in [0.15, 0.2) is 228 Å². The summed E-state index contributed by atoms with van der Waals surface area (Å²) in [7, 11) is 0. The van der Waals surface area contributed by atoms with E-state index in [0.717, 1.165) is 108 Å². The van der Waals surface area contributed by atoms with Crippen LogP contribution < -0.4 is 34.2 Å². The molecule has 66 heavy (non-hydrogen) atoms. The van der Waals surface area contributed by atoms with Crippen molar-refractivity contribution in [1.29, 1.82) is 0 Å². The Labute approximate surface area is 381 Å². The van der Waals surface area contributed by atoms with Gasteiger partial charge in [-0.1, -0.05) is 84.9 Å². The van der Waals surface area contributed by atoms with Gasteiger partial charge in [-0.15, -0.1) is 0 Å². The van der Waals surface area contributed by atoms with Crippen LogP contribution in [0.5, 0.6) is 34.5 Å². The molecule has 9 nitrogen and oxygen atoms in total. The number of amidine groups is 2. The number of nitrogens with one attached hydrogen (secondary N) is 1. The molecular formula is C57H38N6O3. The van der Waals surface area contributed by atoms with Gasteiger partial charge in [-0.05, 0) is 139 Å². The molecule has 0 aliphatic carbocycles. The normalized spacial score (nSPS) is 15.1. The fraction of sp³-hybridized carbons (Fsp3) is 0.0175. The highest BCUT2D eigenvalue weighted by atomic mass is 16.5. The maximum atomic E-state index is 6.30. The van der Waals surface area contributed by atoms with E-state index in [1.807, 2.05) is 109 Å². The zero-order chi connectivity index (χ0) is 43.6. The first-order valence-corrected chi connectivity index (χ1v) is 21.9. The average Bonchev–Trinajstić information content (AvgIpc) is 3.39. The van der Waals surface area contributed by atoms with Gasteiger partial charge in [0, 0.05) is 28.2 Å². The van der Waals surface area contributed by atoms with Gasteiger partial charge in [0.25, 0.3) is 0 Å². The number of rotatable bonds is 6. The molecule has 1 atom stereocenters. The molecule has 0 fully saturated rings. The summed E-state index contributed by atoms with van der Waals surface area (Å²) in [6, 6.07) is 74.3. The van der Waals surface area contributed by atoms with Crippen LogP contribution in [0.1, 0.15) is 22.9 Å². The van der Waals surface area contributed by atoms with Crippen LogP contribution in [-0.2, 0) is 0 Å². The molecule has 0 saturated carbocycles. The molecule has 4 aliphatic heterocycles. The van der Waals surface area contributed by atoms with Crippen molar-refractivity contribution in [3.05, 3.63) is 235 Å². The monoisotopic (exact) mass is 854 g/mol. The first-order chi connectivity index (χ1) is 32.7. The second-order valence-corrected chi connectivity index (χ2v) is 16.3. The Morgan fingerprint density at radius 2 is 0.636 bits per heavy atom. The van der Waals surface area contributed by atoms with Crippen LogP contribution in [0.25, 0.3) is 0 Å². The van der Waals surface area contributed by atoms with Gasteiger partial charge >= 0.3 is 0 Å². The SMILES string of the molecule is c1ccc2c(c1)Oc1ccccc1N2c1ccc(C2=NC(c3ccc(N4c5ccccc5Oc5ccccc54)cc3)NC(c3ccc(N4c5ccccc5Oc5ccccc54)cc3)=N2)cc1. The van der Waals surface area contributed by atoms with E-state index in [4.69, 9.17) is 24.2 Å². The maximum Gasteiger partial charge on any atom is 0.159 e. The number of para-hydroxylation sites is 12. The van der Waals surface area contributed by atoms with E-state index in [-0.39, 0.29) is 0 Å². The molecule has 9 heteroatoms. The number of anilines is 9. The Hall–Kier alpha value is -9.08. The van der Waals surface area contributed by atoms with Crippen molar-refractivity contribution in [2.75, 3.05) is 14.7 Å². The third-order valence-corrected chi connectivity index (χ3v) is 12.3. The fourth-order valence-corrected chi connectivity index (χ4v) is 9.18. The van der Waals surface area contributed by atoms with Gasteiger partial charge in [0.15, 0.2) is 40.3 Å². The van der Waals surface area contributed by atoms with Crippen molar-refractivity contribution in [3.63, 3.8) is 0 Å². The lowest BCUT2D eigenvalue weighted by Gasteiger charge is -2.33. The fourth-order valence-electron chi connectivity index (χ4n) is 9.18. The molecule has 0 spiro atoms. The van der Waals surface area contributed by atoms with Crippen molar-refractivity contribution in [2.24, 2.45) is 9.98 Å². The number of hydrogen-bond acceptors (Lipinski definition) is 9. The smallest absolute Gasteiger partial charge is 0.159 e. The number of ether oxygens (including phenoxy) is 3. The van der Waals surface area contributed by atoms with Gasteiger partial charge in [-0.2, -0.15) is 0 Å². The van der Waals surface area contributed by atoms with E-state index in [2.05, 4.69) is 129 Å². The van der Waals surface area contributed by atoms with E-state index >= 15 is 0 Å². The van der Waals surface area contributed by atoms with Crippen molar-refractivity contribution >= 4 is 62.9 Å². The standard InChI is InChI=1S/C57H38N6O3/c1-7-19-49-43(13-1)61(44-14-2-8-20-50(44)64-49)40-31-25-37(26-32-40)55-58-56(38-27-33-41(34-28-38)62-45-15-3-9-21-51(45)65-52-22-10-4-16-46(52)62)60-57(59-55)39-29-35-42(36-30-39)63-47-17-5-11-23-53(47)66-54-24-12-6-18-48(54)63/h1-36,55H,(H,58,59,60). The van der Waals surface area contributed by atoms with Crippen molar-refractivity contribution in [2.45, 2.75) is 6.17 Å². The molecule has 4 heterocycles. The van der Waals surface area contributed by atoms with Gasteiger partial charge in [0.1, 0.15) is 12.0 Å². The average molecular weight is 855 g/mol. The summed E-state index contributed by atoms with van der Waals surface area (Å²) in [4.78, 5) is 17.2. The van der Waals surface area contributed by atoms with Gasteiger partial charge in [-0.25, -0.2) is 9.98 Å². The van der Waals surface area contributed by atoms with Gasteiger partial charge in [0.05, 0.1) is 34.1 Å². The summed E-state index contributed by atoms with van der Waals surface area (Å²) in [5, 5.41) is 3.70. The summed E-state index contributed by atoms with van der Waals surface area (Å²) >= 11 is 0. The third kappa shape index (κ3) is 6.32. The highest BCUT2D eigenvalue weighted by Gasteiger charge is 2.29. The lowest BCUT2D eigenvalue weighted by molar-refractivity contribution is 0.477. The largest absolute Gasteiger partial charge is 0.453 e. The molecule has 9 aromatic carbocycles. The Balaban J connectivity index is 0.874. The van der Waals surface area contributed by atoms with Gasteiger partial charge in [-0.3, -0.25) is 0 Å². The van der Waals surface area contributed by atoms with Crippen molar-refractivity contribution in [1.82, 2.24) is 5.32 Å². The quantitative estimate of drug-likeness (QED) is 0.179. The highest BCUT2D eigenvalue weighted by Crippen LogP contribution is 2.53. The summed E-state index contributed by atoms with van der Waals surface area (Å²) in [6.45, 7) is 0. The van der Waals surface area contributed by atoms with E-state index in [0.29, 0.717) is 5.84 Å². The third-order valence-electron chi connectivity index (χ3n) is 12.3. The van der Waals surface area contributed by atoms with E-state index < -0.39 is 6.17 Å². The van der Waals surface area contributed by atoms with Crippen LogP contribution in [0, 0.1) is 0 Å². The number of nitrogens with zero attached hydrogens (tertiary/aromatic N) is 5. The molecule has 0 radical (unpaired) electrons. The maximum absolute atomic E-state index is 6.30. The molecule has 0 amide bonds. The summed E-state index contributed by atoms with van der Waals surface area (Å²) in [5.74, 6) is 6.20. The molecular weight excluding hydrogens is 817 g/mol. The molecule has 1 unspecified atom stereocenters. The summed E-state index contributed by atoms with van der Waals surface area (Å²) in [5.41, 5.74) is 11.7. The molecule has 1 N–H and O–H groups in total. The van der Waals surface area contributed by atoms with E-state index in [1.54, 1.807) is 0 Å². The van der Waals surface area contributed by atoms with Crippen LogP contribution in [0.2, 0.25) is 0 Å². The highest BCUT2D eigenvalue weighted by molar-refractivity contribution is 6.13. The van der Waals surface area contributed by atoms with Gasteiger partial charge in [0.2, 0.25) is 0 Å². The zero-order valence-electron chi connectivity index (χ0n) is 35.3. The topological polar surface area (TPSA) is 74.2 Å². The van der Waals surface area contributed by atoms with Gasteiger partial charge < -0.3 is 34.2 Å². The Morgan fingerprint density at radius 1 is 0.333 bits per heavy atom. The minimum atomic E-state index is -0.429. The molecule has 9 aromatic rings. The second-order valence-electron chi connectivity index (χ2n) is 16.3. The summed E-state index contributed by atoms with van der Waals surface area (Å²) < 4.78 is 18.9. The van der Waals surface area contributed by atoms with Crippen LogP contribution >= 0.6 is 0 Å². The molecule has 0 aromatic heterocycles. The predicted molar refractivity (Wildman–Crippen MR) is 263 cm³/mol. The summed E-state index contributed by atoms with van der Waals surface area (Å²) in [6.07, 6.45) is -0.429. The Bertz CT molecular complexity index is 3270. The van der Waals surface area contributed by atoms with Crippen molar-refractivity contribution < 1.29 is 14.2 Å². The molecule has 0 bridgehead atoms. The number of hydrogen-bond donors (Lipinski definition) is 1. The zero-order valence-corrected chi connectivity index (χ0v) is 35.3. The number of fused-ring (bicyclic) bond motifs is 6. The molecule has 13 rings (SSSR count). The van der Waals surface area contributed by atoms with Crippen LogP contribution in [-0.4, -0.2) is 11.7 Å². The van der Waals surface area contributed by atoms with E-state index in [9.17, 15) is 0 Å². The lowest BCUT2D eigenvalue weighted by Crippen LogP contribution is -2.33. The Morgan fingerprint density at radius 3 is 0.985 bits per heavy atom. The lowest BCUT2D eigenvalue weighted by atomic mass is 10.1. The number of benzene rings is 9. The Kier molecular flexibility index (Phi) is 8.70. The predicted octanol–water partition coefficient (Wildman–Crippen LogP) is 14.9. The number of aliphatic imine (C=N–C) groups is 2. The van der Waals surface area contributed by atoms with E-state index in [1.165, 1.54) is 0 Å². The first kappa shape index (κ1) is 37.5.